The van der Waals surface area contributed by atoms with E-state index in [-0.39, 0.29) is 10.8 Å². The van der Waals surface area contributed by atoms with Crippen LogP contribution in [0.15, 0.2) is 40.6 Å². The molecule has 1 aliphatic rings. The van der Waals surface area contributed by atoms with E-state index < -0.39 is 10.0 Å². The summed E-state index contributed by atoms with van der Waals surface area (Å²) in [5.74, 6) is -0.279. The molecule has 0 radical (unpaired) electrons. The summed E-state index contributed by atoms with van der Waals surface area (Å²) < 4.78 is 27.7. The lowest BCUT2D eigenvalue weighted by molar-refractivity contribution is 0.102. The van der Waals surface area contributed by atoms with Crippen molar-refractivity contribution in [2.45, 2.75) is 31.7 Å². The summed E-state index contributed by atoms with van der Waals surface area (Å²) in [4.78, 5) is 18.7. The first-order valence-corrected chi connectivity index (χ1v) is 11.9. The Morgan fingerprint density at radius 2 is 2.07 bits per heavy atom. The number of thiophene rings is 1. The Morgan fingerprint density at radius 3 is 2.82 bits per heavy atom. The maximum atomic E-state index is 13.1. The van der Waals surface area contributed by atoms with Gasteiger partial charge >= 0.3 is 0 Å². The standard InChI is InChI=1S/C19H19N3O3S3/c1-12-18(27-13(2)20-12)19(23)21-15-4-3-5-16(10-15)28(24,25)22-8-6-17-14(11-22)7-9-26-17/h3-5,7,9-10H,6,8,11H2,1-2H3,(H,21,23). The van der Waals surface area contributed by atoms with Crippen molar-refractivity contribution in [2.24, 2.45) is 0 Å². The Morgan fingerprint density at radius 1 is 1.25 bits per heavy atom. The van der Waals surface area contributed by atoms with Gasteiger partial charge in [-0.05, 0) is 55.5 Å². The lowest BCUT2D eigenvalue weighted by Crippen LogP contribution is -2.35. The molecule has 4 rings (SSSR count). The van der Waals surface area contributed by atoms with Crippen molar-refractivity contribution in [3.63, 3.8) is 0 Å². The molecular formula is C19H19N3O3S3. The first-order chi connectivity index (χ1) is 13.3. The number of aromatic nitrogens is 1. The van der Waals surface area contributed by atoms with Gasteiger partial charge in [0.2, 0.25) is 10.0 Å². The van der Waals surface area contributed by atoms with Crippen LogP contribution in [0.2, 0.25) is 0 Å². The highest BCUT2D eigenvalue weighted by atomic mass is 32.2. The molecule has 1 aliphatic heterocycles. The highest BCUT2D eigenvalue weighted by Crippen LogP contribution is 2.29. The van der Waals surface area contributed by atoms with E-state index in [0.717, 1.165) is 17.0 Å². The third kappa shape index (κ3) is 3.62. The zero-order chi connectivity index (χ0) is 19.9. The normalized spacial score (nSPS) is 14.6. The van der Waals surface area contributed by atoms with Gasteiger partial charge in [-0.25, -0.2) is 13.4 Å². The molecule has 0 spiro atoms. The second kappa shape index (κ2) is 7.40. The van der Waals surface area contributed by atoms with E-state index in [4.69, 9.17) is 0 Å². The highest BCUT2D eigenvalue weighted by Gasteiger charge is 2.29. The summed E-state index contributed by atoms with van der Waals surface area (Å²) in [5, 5.41) is 5.61. The molecule has 1 aromatic carbocycles. The largest absolute Gasteiger partial charge is 0.321 e. The topological polar surface area (TPSA) is 79.4 Å². The molecule has 2 aromatic heterocycles. The molecule has 0 atom stereocenters. The molecule has 1 N–H and O–H groups in total. The van der Waals surface area contributed by atoms with Crippen molar-refractivity contribution >= 4 is 44.3 Å². The number of anilines is 1. The van der Waals surface area contributed by atoms with Crippen molar-refractivity contribution in [1.82, 2.24) is 9.29 Å². The van der Waals surface area contributed by atoms with Crippen LogP contribution in [0.4, 0.5) is 5.69 Å². The maximum absolute atomic E-state index is 13.1. The number of fused-ring (bicyclic) bond motifs is 1. The molecule has 6 nitrogen and oxygen atoms in total. The molecule has 0 saturated heterocycles. The third-order valence-electron chi connectivity index (χ3n) is 4.61. The zero-order valence-corrected chi connectivity index (χ0v) is 17.9. The molecule has 0 bridgehead atoms. The number of rotatable bonds is 4. The second-order valence-corrected chi connectivity index (χ2v) is 10.7. The minimum absolute atomic E-state index is 0.182. The van der Waals surface area contributed by atoms with Gasteiger partial charge in [-0.3, -0.25) is 4.79 Å². The molecule has 0 saturated carbocycles. The summed E-state index contributed by atoms with van der Waals surface area (Å²) in [6, 6.07) is 8.40. The minimum atomic E-state index is -3.63. The van der Waals surface area contributed by atoms with Crippen LogP contribution in [0, 0.1) is 13.8 Å². The van der Waals surface area contributed by atoms with Gasteiger partial charge in [-0.1, -0.05) is 6.07 Å². The van der Waals surface area contributed by atoms with Crippen molar-refractivity contribution in [2.75, 3.05) is 11.9 Å². The molecule has 0 fully saturated rings. The Bertz CT molecular complexity index is 1150. The number of carbonyl (C=O) groups excluding carboxylic acids is 1. The smallest absolute Gasteiger partial charge is 0.267 e. The summed E-state index contributed by atoms with van der Waals surface area (Å²) >= 11 is 2.99. The molecule has 9 heteroatoms. The van der Waals surface area contributed by atoms with Crippen molar-refractivity contribution in [1.29, 1.82) is 0 Å². The monoisotopic (exact) mass is 433 g/mol. The first kappa shape index (κ1) is 19.3. The van der Waals surface area contributed by atoms with E-state index in [1.807, 2.05) is 18.4 Å². The van der Waals surface area contributed by atoms with Crippen LogP contribution in [0.1, 0.15) is 30.8 Å². The molecule has 146 valence electrons. The fraction of sp³-hybridized carbons (Fsp3) is 0.263. The Kier molecular flexibility index (Phi) is 5.09. The maximum Gasteiger partial charge on any atom is 0.267 e. The molecule has 28 heavy (non-hydrogen) atoms. The number of carbonyl (C=O) groups is 1. The number of nitrogens with zero attached hydrogens (tertiary/aromatic N) is 2. The van der Waals surface area contributed by atoms with Crippen LogP contribution in [0.3, 0.4) is 0 Å². The van der Waals surface area contributed by atoms with Gasteiger partial charge in [0.25, 0.3) is 5.91 Å². The van der Waals surface area contributed by atoms with E-state index in [1.54, 1.807) is 36.5 Å². The van der Waals surface area contributed by atoms with Gasteiger partial charge < -0.3 is 5.32 Å². The van der Waals surface area contributed by atoms with Crippen LogP contribution < -0.4 is 5.32 Å². The van der Waals surface area contributed by atoms with Crippen molar-refractivity contribution < 1.29 is 13.2 Å². The van der Waals surface area contributed by atoms with Gasteiger partial charge in [0, 0.05) is 23.7 Å². The molecule has 3 heterocycles. The van der Waals surface area contributed by atoms with E-state index in [0.29, 0.717) is 29.3 Å². The quantitative estimate of drug-likeness (QED) is 0.678. The average Bonchev–Trinajstić information content (AvgIpc) is 3.26. The molecule has 1 amide bonds. The Hall–Kier alpha value is -2.07. The van der Waals surface area contributed by atoms with E-state index in [1.165, 1.54) is 26.6 Å². The highest BCUT2D eigenvalue weighted by molar-refractivity contribution is 7.89. The van der Waals surface area contributed by atoms with E-state index in [2.05, 4.69) is 10.3 Å². The zero-order valence-electron chi connectivity index (χ0n) is 15.4. The van der Waals surface area contributed by atoms with Crippen LogP contribution in [0.25, 0.3) is 0 Å². The first-order valence-electron chi connectivity index (χ1n) is 8.75. The number of nitrogens with one attached hydrogen (secondary N) is 1. The van der Waals surface area contributed by atoms with Crippen molar-refractivity contribution in [3.8, 4) is 0 Å². The Labute approximate surface area is 171 Å². The van der Waals surface area contributed by atoms with Crippen LogP contribution in [-0.4, -0.2) is 30.2 Å². The molecule has 0 aliphatic carbocycles. The summed E-state index contributed by atoms with van der Waals surface area (Å²) in [5.41, 5.74) is 2.19. The second-order valence-electron chi connectivity index (χ2n) is 6.59. The number of hydrogen-bond acceptors (Lipinski definition) is 6. The van der Waals surface area contributed by atoms with E-state index >= 15 is 0 Å². The van der Waals surface area contributed by atoms with Gasteiger partial charge in [0.05, 0.1) is 15.6 Å². The predicted octanol–water partition coefficient (Wildman–Crippen LogP) is 3.82. The van der Waals surface area contributed by atoms with E-state index in [9.17, 15) is 13.2 Å². The summed E-state index contributed by atoms with van der Waals surface area (Å²) in [7, 11) is -3.63. The Balaban J connectivity index is 1.56. The summed E-state index contributed by atoms with van der Waals surface area (Å²) in [6.45, 7) is 4.48. The number of thiazole rings is 1. The fourth-order valence-electron chi connectivity index (χ4n) is 3.24. The minimum Gasteiger partial charge on any atom is -0.321 e. The SMILES string of the molecule is Cc1nc(C)c(C(=O)Nc2cccc(S(=O)(=O)N3CCc4sccc4C3)c2)s1. The van der Waals surface area contributed by atoms with Gasteiger partial charge in [-0.15, -0.1) is 22.7 Å². The van der Waals surface area contributed by atoms with Gasteiger partial charge in [-0.2, -0.15) is 4.31 Å². The van der Waals surface area contributed by atoms with Crippen molar-refractivity contribution in [3.05, 3.63) is 61.7 Å². The number of aryl methyl sites for hydroxylation is 2. The predicted molar refractivity (Wildman–Crippen MR) is 112 cm³/mol. The lowest BCUT2D eigenvalue weighted by Gasteiger charge is -2.26. The molecule has 0 unspecified atom stereocenters. The molecular weight excluding hydrogens is 414 g/mol. The van der Waals surface area contributed by atoms with Crippen LogP contribution in [-0.2, 0) is 23.0 Å². The third-order valence-corrected chi connectivity index (χ3v) is 8.55. The fourth-order valence-corrected chi connectivity index (χ4v) is 6.41. The lowest BCUT2D eigenvalue weighted by atomic mass is 10.1. The number of benzene rings is 1. The van der Waals surface area contributed by atoms with Crippen LogP contribution in [0.5, 0.6) is 0 Å². The summed E-state index contributed by atoms with van der Waals surface area (Å²) in [6.07, 6.45) is 0.729. The molecule has 3 aromatic rings. The number of sulfonamides is 1. The number of amides is 1. The van der Waals surface area contributed by atoms with Crippen LogP contribution >= 0.6 is 22.7 Å². The number of hydrogen-bond donors (Lipinski definition) is 1. The average molecular weight is 434 g/mol. The van der Waals surface area contributed by atoms with Gasteiger partial charge in [0.1, 0.15) is 4.88 Å². The van der Waals surface area contributed by atoms with Gasteiger partial charge in [0.15, 0.2) is 0 Å².